The topological polar surface area (TPSA) is 75.3 Å². The zero-order valence-electron chi connectivity index (χ0n) is 12.2. The van der Waals surface area contributed by atoms with Gasteiger partial charge in [-0.2, -0.15) is 0 Å². The normalized spacial score (nSPS) is 13.7. The Balaban J connectivity index is 2.10. The lowest BCUT2D eigenvalue weighted by Gasteiger charge is -2.16. The Kier molecular flexibility index (Phi) is 7.73. The van der Waals surface area contributed by atoms with Crippen LogP contribution in [0.3, 0.4) is 0 Å². The molecule has 0 aromatic heterocycles. The van der Waals surface area contributed by atoms with Crippen LogP contribution in [0, 0.1) is 11.8 Å². The molecule has 4 heteroatoms. The minimum Gasteiger partial charge on any atom is -0.481 e. The van der Waals surface area contributed by atoms with E-state index in [1.54, 1.807) is 0 Å². The number of para-hydroxylation sites is 1. The Morgan fingerprint density at radius 1 is 1.30 bits per heavy atom. The maximum atomic E-state index is 10.9. The fourth-order valence-corrected chi connectivity index (χ4v) is 2.31. The van der Waals surface area contributed by atoms with Gasteiger partial charge in [-0.05, 0) is 30.9 Å². The highest BCUT2D eigenvalue weighted by Gasteiger charge is 2.18. The van der Waals surface area contributed by atoms with Gasteiger partial charge in [0.25, 0.3) is 0 Å². The number of anilines is 1. The van der Waals surface area contributed by atoms with Crippen LogP contribution >= 0.6 is 0 Å². The van der Waals surface area contributed by atoms with Gasteiger partial charge in [0.2, 0.25) is 0 Å². The summed E-state index contributed by atoms with van der Waals surface area (Å²) in [7, 11) is 0. The van der Waals surface area contributed by atoms with Crippen LogP contribution in [0.4, 0.5) is 5.69 Å². The van der Waals surface area contributed by atoms with Crippen LogP contribution in [-0.2, 0) is 4.79 Å². The summed E-state index contributed by atoms with van der Waals surface area (Å²) in [6.45, 7) is 3.29. The molecule has 0 amide bonds. The molecular weight excluding hydrogens is 252 g/mol. The average Bonchev–Trinajstić information content (AvgIpc) is 2.45. The SMILES string of the molecule is CC(CCCCNc1ccccc1)CC(CN)C(=O)O. The van der Waals surface area contributed by atoms with E-state index in [1.165, 1.54) is 0 Å². The first kappa shape index (κ1) is 16.5. The second-order valence-corrected chi connectivity index (χ2v) is 5.40. The van der Waals surface area contributed by atoms with Crippen molar-refractivity contribution in [2.45, 2.75) is 32.6 Å². The van der Waals surface area contributed by atoms with Crippen molar-refractivity contribution < 1.29 is 9.90 Å². The number of carboxylic acid groups (broad SMARTS) is 1. The van der Waals surface area contributed by atoms with E-state index in [2.05, 4.69) is 24.4 Å². The molecule has 1 aromatic rings. The summed E-state index contributed by atoms with van der Waals surface area (Å²) in [6, 6.07) is 10.2. The number of aliphatic carboxylic acids is 1. The Hall–Kier alpha value is -1.55. The highest BCUT2D eigenvalue weighted by atomic mass is 16.4. The molecule has 0 aliphatic heterocycles. The number of carboxylic acids is 1. The Morgan fingerprint density at radius 2 is 2.00 bits per heavy atom. The summed E-state index contributed by atoms with van der Waals surface area (Å²) < 4.78 is 0. The van der Waals surface area contributed by atoms with Gasteiger partial charge in [-0.3, -0.25) is 4.79 Å². The molecule has 0 heterocycles. The minimum absolute atomic E-state index is 0.231. The van der Waals surface area contributed by atoms with Crippen molar-refractivity contribution in [1.82, 2.24) is 0 Å². The number of unbranched alkanes of at least 4 members (excludes halogenated alkanes) is 1. The maximum absolute atomic E-state index is 10.9. The number of rotatable bonds is 10. The molecule has 20 heavy (non-hydrogen) atoms. The van der Waals surface area contributed by atoms with Gasteiger partial charge in [-0.15, -0.1) is 0 Å². The van der Waals surface area contributed by atoms with Crippen molar-refractivity contribution in [3.63, 3.8) is 0 Å². The summed E-state index contributed by atoms with van der Waals surface area (Å²) in [4.78, 5) is 10.9. The van der Waals surface area contributed by atoms with Crippen LogP contribution in [-0.4, -0.2) is 24.2 Å². The summed E-state index contributed by atoms with van der Waals surface area (Å²) in [6.07, 6.45) is 3.94. The fourth-order valence-electron chi connectivity index (χ4n) is 2.31. The molecule has 4 N–H and O–H groups in total. The number of hydrogen-bond acceptors (Lipinski definition) is 3. The Morgan fingerprint density at radius 3 is 2.60 bits per heavy atom. The van der Waals surface area contributed by atoms with Crippen molar-refractivity contribution in [2.24, 2.45) is 17.6 Å². The van der Waals surface area contributed by atoms with Gasteiger partial charge in [0.1, 0.15) is 0 Å². The van der Waals surface area contributed by atoms with Crippen LogP contribution in [0.5, 0.6) is 0 Å². The molecule has 0 aliphatic rings. The third-order valence-corrected chi connectivity index (χ3v) is 3.55. The third kappa shape index (κ3) is 6.57. The van der Waals surface area contributed by atoms with E-state index < -0.39 is 11.9 Å². The molecule has 0 bridgehead atoms. The van der Waals surface area contributed by atoms with Gasteiger partial charge in [0, 0.05) is 18.8 Å². The van der Waals surface area contributed by atoms with Crippen LogP contribution in [0.25, 0.3) is 0 Å². The molecule has 2 unspecified atom stereocenters. The van der Waals surface area contributed by atoms with Gasteiger partial charge >= 0.3 is 5.97 Å². The van der Waals surface area contributed by atoms with E-state index in [9.17, 15) is 4.79 Å². The van der Waals surface area contributed by atoms with E-state index in [0.29, 0.717) is 12.3 Å². The Labute approximate surface area is 121 Å². The average molecular weight is 278 g/mol. The minimum atomic E-state index is -0.773. The number of nitrogens with one attached hydrogen (secondary N) is 1. The van der Waals surface area contributed by atoms with Gasteiger partial charge in [-0.1, -0.05) is 38.0 Å². The molecule has 0 saturated heterocycles. The second-order valence-electron chi connectivity index (χ2n) is 5.40. The molecule has 112 valence electrons. The van der Waals surface area contributed by atoms with Crippen LogP contribution in [0.1, 0.15) is 32.6 Å². The van der Waals surface area contributed by atoms with Gasteiger partial charge in [0.05, 0.1) is 5.92 Å². The standard InChI is InChI=1S/C16H26N2O2/c1-13(11-14(12-17)16(19)20)7-5-6-10-18-15-8-3-2-4-9-15/h2-4,8-9,13-14,18H,5-7,10-12,17H2,1H3,(H,19,20). The fraction of sp³-hybridized carbons (Fsp3) is 0.562. The molecule has 0 aliphatic carbocycles. The molecule has 0 fully saturated rings. The van der Waals surface area contributed by atoms with E-state index >= 15 is 0 Å². The maximum Gasteiger partial charge on any atom is 0.307 e. The lowest BCUT2D eigenvalue weighted by Crippen LogP contribution is -2.25. The first-order chi connectivity index (χ1) is 9.63. The summed E-state index contributed by atoms with van der Waals surface area (Å²) >= 11 is 0. The van der Waals surface area contributed by atoms with Gasteiger partial charge in [0.15, 0.2) is 0 Å². The third-order valence-electron chi connectivity index (χ3n) is 3.55. The van der Waals surface area contributed by atoms with E-state index in [4.69, 9.17) is 10.8 Å². The lowest BCUT2D eigenvalue weighted by molar-refractivity contribution is -0.141. The molecule has 0 radical (unpaired) electrons. The molecule has 0 spiro atoms. The first-order valence-corrected chi connectivity index (χ1v) is 7.35. The predicted molar refractivity (Wildman–Crippen MR) is 82.7 cm³/mol. The number of carbonyl (C=O) groups is 1. The van der Waals surface area contributed by atoms with E-state index in [-0.39, 0.29) is 6.54 Å². The van der Waals surface area contributed by atoms with Gasteiger partial charge in [-0.25, -0.2) is 0 Å². The van der Waals surface area contributed by atoms with Crippen LogP contribution in [0.15, 0.2) is 30.3 Å². The summed E-state index contributed by atoms with van der Waals surface area (Å²) in [5, 5.41) is 12.3. The monoisotopic (exact) mass is 278 g/mol. The van der Waals surface area contributed by atoms with Crippen LogP contribution in [0.2, 0.25) is 0 Å². The molecular formula is C16H26N2O2. The number of nitrogens with two attached hydrogens (primary N) is 1. The zero-order valence-corrected chi connectivity index (χ0v) is 12.2. The number of hydrogen-bond donors (Lipinski definition) is 3. The van der Waals surface area contributed by atoms with E-state index in [0.717, 1.165) is 31.5 Å². The van der Waals surface area contributed by atoms with Crippen molar-refractivity contribution in [2.75, 3.05) is 18.4 Å². The quantitative estimate of drug-likeness (QED) is 0.575. The smallest absolute Gasteiger partial charge is 0.307 e. The molecule has 0 saturated carbocycles. The lowest BCUT2D eigenvalue weighted by atomic mass is 9.92. The summed E-state index contributed by atoms with van der Waals surface area (Å²) in [5.41, 5.74) is 6.62. The van der Waals surface area contributed by atoms with Crippen molar-refractivity contribution in [3.05, 3.63) is 30.3 Å². The Bertz CT molecular complexity index is 381. The van der Waals surface area contributed by atoms with Crippen molar-refractivity contribution >= 4 is 11.7 Å². The molecule has 1 rings (SSSR count). The zero-order chi connectivity index (χ0) is 14.8. The second kappa shape index (κ2) is 9.37. The van der Waals surface area contributed by atoms with Crippen LogP contribution < -0.4 is 11.1 Å². The molecule has 4 nitrogen and oxygen atoms in total. The predicted octanol–water partition coefficient (Wildman–Crippen LogP) is 2.95. The molecule has 2 atom stereocenters. The van der Waals surface area contributed by atoms with Gasteiger partial charge < -0.3 is 16.2 Å². The van der Waals surface area contributed by atoms with Crippen molar-refractivity contribution in [3.8, 4) is 0 Å². The van der Waals surface area contributed by atoms with E-state index in [1.807, 2.05) is 18.2 Å². The largest absolute Gasteiger partial charge is 0.481 e. The highest BCUT2D eigenvalue weighted by Crippen LogP contribution is 2.17. The van der Waals surface area contributed by atoms with Crippen molar-refractivity contribution in [1.29, 1.82) is 0 Å². The number of benzene rings is 1. The highest BCUT2D eigenvalue weighted by molar-refractivity contribution is 5.70. The molecule has 1 aromatic carbocycles. The first-order valence-electron chi connectivity index (χ1n) is 7.35. The summed E-state index contributed by atoms with van der Waals surface area (Å²) in [5.74, 6) is -0.756.